The predicted octanol–water partition coefficient (Wildman–Crippen LogP) is 2.10. The summed E-state index contributed by atoms with van der Waals surface area (Å²) in [6.45, 7) is 1.72. The maximum atomic E-state index is 11.0. The lowest BCUT2D eigenvalue weighted by Crippen LogP contribution is -2.03. The number of nitrogens with one attached hydrogen (secondary N) is 1. The molecule has 1 heterocycles. The maximum absolute atomic E-state index is 11.0. The highest BCUT2D eigenvalue weighted by atomic mass is 16.4. The third-order valence-corrected chi connectivity index (χ3v) is 2.57. The zero-order valence-electron chi connectivity index (χ0n) is 10.1. The van der Waals surface area contributed by atoms with Crippen molar-refractivity contribution in [3.8, 4) is 6.07 Å². The van der Waals surface area contributed by atoms with E-state index in [1.54, 1.807) is 19.1 Å². The van der Waals surface area contributed by atoms with Crippen molar-refractivity contribution in [2.45, 2.75) is 6.92 Å². The van der Waals surface area contributed by atoms with Crippen molar-refractivity contribution < 1.29 is 9.90 Å². The van der Waals surface area contributed by atoms with Gasteiger partial charge < -0.3 is 10.4 Å². The van der Waals surface area contributed by atoms with E-state index in [0.717, 1.165) is 0 Å². The molecule has 0 bridgehead atoms. The second-order valence-corrected chi connectivity index (χ2v) is 3.87. The van der Waals surface area contributed by atoms with Gasteiger partial charge in [0, 0.05) is 5.69 Å². The molecular weight excluding hydrogens is 244 g/mol. The molecule has 6 heteroatoms. The molecule has 6 nitrogen and oxygen atoms in total. The first-order valence-corrected chi connectivity index (χ1v) is 5.44. The summed E-state index contributed by atoms with van der Waals surface area (Å²) < 4.78 is 0. The monoisotopic (exact) mass is 254 g/mol. The van der Waals surface area contributed by atoms with Crippen LogP contribution >= 0.6 is 0 Å². The molecule has 0 aliphatic rings. The summed E-state index contributed by atoms with van der Waals surface area (Å²) in [5, 5.41) is 28.4. The zero-order valence-corrected chi connectivity index (χ0v) is 10.1. The minimum atomic E-state index is -0.999. The molecule has 0 saturated heterocycles. The average molecular weight is 254 g/mol. The van der Waals surface area contributed by atoms with Gasteiger partial charge in [0.25, 0.3) is 0 Å². The van der Waals surface area contributed by atoms with Gasteiger partial charge in [-0.2, -0.15) is 10.4 Å². The normalized spacial score (nSPS) is 9.68. The number of nitriles is 1. The van der Waals surface area contributed by atoms with E-state index in [0.29, 0.717) is 22.6 Å². The molecule has 0 aliphatic heterocycles. The van der Waals surface area contributed by atoms with Gasteiger partial charge in [-0.3, -0.25) is 0 Å². The van der Waals surface area contributed by atoms with Crippen LogP contribution in [0.4, 0.5) is 11.5 Å². The Bertz CT molecular complexity index is 677. The largest absolute Gasteiger partial charge is 0.478 e. The Morgan fingerprint density at radius 1 is 1.42 bits per heavy atom. The first-order chi connectivity index (χ1) is 9.11. The lowest BCUT2D eigenvalue weighted by Gasteiger charge is -2.08. The third-order valence-electron chi connectivity index (χ3n) is 2.57. The summed E-state index contributed by atoms with van der Waals surface area (Å²) in [7, 11) is 0. The van der Waals surface area contributed by atoms with Crippen molar-refractivity contribution >= 4 is 17.5 Å². The number of aromatic carboxylic acids is 1. The quantitative estimate of drug-likeness (QED) is 0.870. The maximum Gasteiger partial charge on any atom is 0.336 e. The molecule has 0 amide bonds. The van der Waals surface area contributed by atoms with Crippen LogP contribution in [0.5, 0.6) is 0 Å². The van der Waals surface area contributed by atoms with E-state index in [-0.39, 0.29) is 5.56 Å². The van der Waals surface area contributed by atoms with Gasteiger partial charge in [0.05, 0.1) is 17.3 Å². The van der Waals surface area contributed by atoms with Crippen LogP contribution in [0.1, 0.15) is 21.5 Å². The first kappa shape index (κ1) is 12.5. The number of aromatic nitrogens is 2. The predicted molar refractivity (Wildman–Crippen MR) is 68.2 cm³/mol. The van der Waals surface area contributed by atoms with Crippen LogP contribution in [-0.2, 0) is 0 Å². The van der Waals surface area contributed by atoms with Gasteiger partial charge in [0.15, 0.2) is 5.82 Å². The Labute approximate surface area is 109 Å². The summed E-state index contributed by atoms with van der Waals surface area (Å²) in [5.74, 6) is -0.703. The van der Waals surface area contributed by atoms with E-state index in [9.17, 15) is 4.79 Å². The molecule has 0 saturated carbocycles. The number of carbonyl (C=O) groups is 1. The molecule has 0 atom stereocenters. The van der Waals surface area contributed by atoms with Crippen LogP contribution in [0.25, 0.3) is 0 Å². The van der Waals surface area contributed by atoms with E-state index in [1.807, 2.05) is 6.07 Å². The van der Waals surface area contributed by atoms with Gasteiger partial charge in [0.2, 0.25) is 0 Å². The topological polar surface area (TPSA) is 98.9 Å². The highest BCUT2D eigenvalue weighted by Crippen LogP contribution is 2.20. The Balaban J connectivity index is 2.37. The summed E-state index contributed by atoms with van der Waals surface area (Å²) in [4.78, 5) is 11.0. The molecule has 0 radical (unpaired) electrons. The van der Waals surface area contributed by atoms with Gasteiger partial charge in [-0.05, 0) is 30.7 Å². The SMILES string of the molecule is Cc1ccc(Nc2nnccc2C#N)cc1C(=O)O. The minimum absolute atomic E-state index is 0.201. The Morgan fingerprint density at radius 2 is 2.21 bits per heavy atom. The van der Waals surface area contributed by atoms with Crippen molar-refractivity contribution in [2.75, 3.05) is 5.32 Å². The third kappa shape index (κ3) is 2.66. The number of carboxylic acids is 1. The fourth-order valence-electron chi connectivity index (χ4n) is 1.58. The fourth-order valence-corrected chi connectivity index (χ4v) is 1.58. The van der Waals surface area contributed by atoms with Gasteiger partial charge in [-0.25, -0.2) is 4.79 Å². The Kier molecular flexibility index (Phi) is 3.39. The second kappa shape index (κ2) is 5.14. The van der Waals surface area contributed by atoms with Crippen LogP contribution in [0.2, 0.25) is 0 Å². The molecule has 19 heavy (non-hydrogen) atoms. The molecule has 0 aliphatic carbocycles. The highest BCUT2D eigenvalue weighted by molar-refractivity contribution is 5.90. The number of anilines is 2. The smallest absolute Gasteiger partial charge is 0.336 e. The van der Waals surface area contributed by atoms with Crippen molar-refractivity contribution in [2.24, 2.45) is 0 Å². The van der Waals surface area contributed by atoms with Gasteiger partial charge in [-0.15, -0.1) is 5.10 Å². The van der Waals surface area contributed by atoms with Crippen molar-refractivity contribution in [1.29, 1.82) is 5.26 Å². The van der Waals surface area contributed by atoms with Crippen LogP contribution in [0.15, 0.2) is 30.5 Å². The van der Waals surface area contributed by atoms with E-state index < -0.39 is 5.97 Å². The molecule has 2 N–H and O–H groups in total. The van der Waals surface area contributed by atoms with Crippen LogP contribution in [-0.4, -0.2) is 21.3 Å². The molecule has 2 aromatic rings. The highest BCUT2D eigenvalue weighted by Gasteiger charge is 2.09. The first-order valence-electron chi connectivity index (χ1n) is 5.44. The van der Waals surface area contributed by atoms with Crippen molar-refractivity contribution in [1.82, 2.24) is 10.2 Å². The number of rotatable bonds is 3. The van der Waals surface area contributed by atoms with Crippen LogP contribution in [0, 0.1) is 18.3 Å². The number of nitrogens with zero attached hydrogens (tertiary/aromatic N) is 3. The van der Waals surface area contributed by atoms with Gasteiger partial charge in [-0.1, -0.05) is 6.07 Å². The summed E-state index contributed by atoms with van der Waals surface area (Å²) >= 11 is 0. The van der Waals surface area contributed by atoms with Crippen molar-refractivity contribution in [3.05, 3.63) is 47.2 Å². The molecule has 0 unspecified atom stereocenters. The lowest BCUT2D eigenvalue weighted by molar-refractivity contribution is 0.0696. The number of carboxylic acid groups (broad SMARTS) is 1. The van der Waals surface area contributed by atoms with Gasteiger partial charge in [0.1, 0.15) is 6.07 Å². The van der Waals surface area contributed by atoms with E-state index in [1.165, 1.54) is 18.3 Å². The van der Waals surface area contributed by atoms with E-state index in [2.05, 4.69) is 15.5 Å². The molecular formula is C13H10N4O2. The summed E-state index contributed by atoms with van der Waals surface area (Å²) in [6.07, 6.45) is 1.42. The molecule has 1 aromatic carbocycles. The number of benzene rings is 1. The summed E-state index contributed by atoms with van der Waals surface area (Å²) in [6, 6.07) is 8.41. The molecule has 2 rings (SSSR count). The average Bonchev–Trinajstić information content (AvgIpc) is 2.41. The number of hydrogen-bond donors (Lipinski definition) is 2. The Morgan fingerprint density at radius 3 is 2.89 bits per heavy atom. The van der Waals surface area contributed by atoms with Gasteiger partial charge >= 0.3 is 5.97 Å². The zero-order chi connectivity index (χ0) is 13.8. The fraction of sp³-hybridized carbons (Fsp3) is 0.0769. The number of hydrogen-bond acceptors (Lipinski definition) is 5. The minimum Gasteiger partial charge on any atom is -0.478 e. The molecule has 0 spiro atoms. The summed E-state index contributed by atoms with van der Waals surface area (Å²) in [5.41, 5.74) is 1.75. The van der Waals surface area contributed by atoms with E-state index in [4.69, 9.17) is 10.4 Å². The lowest BCUT2D eigenvalue weighted by atomic mass is 10.1. The van der Waals surface area contributed by atoms with E-state index >= 15 is 0 Å². The second-order valence-electron chi connectivity index (χ2n) is 3.87. The standard InChI is InChI=1S/C13H10N4O2/c1-8-2-3-10(6-11(8)13(18)19)16-12-9(7-14)4-5-15-17-12/h2-6H,1H3,(H,16,17)(H,18,19). The number of aryl methyl sites for hydroxylation is 1. The molecule has 94 valence electrons. The van der Waals surface area contributed by atoms with Crippen LogP contribution in [0.3, 0.4) is 0 Å². The van der Waals surface area contributed by atoms with Crippen LogP contribution < -0.4 is 5.32 Å². The Hall–Kier alpha value is -2.94. The molecule has 0 fully saturated rings. The van der Waals surface area contributed by atoms with Crippen molar-refractivity contribution in [3.63, 3.8) is 0 Å². The molecule has 1 aromatic heterocycles.